The molecule has 0 bridgehead atoms. The molecule has 0 aliphatic rings. The maximum atomic E-state index is 11.5. The summed E-state index contributed by atoms with van der Waals surface area (Å²) in [4.78, 5) is 16.2. The van der Waals surface area contributed by atoms with Gasteiger partial charge in [-0.15, -0.1) is 11.3 Å². The van der Waals surface area contributed by atoms with Crippen LogP contribution in [0.4, 0.5) is 5.69 Å². The third kappa shape index (κ3) is 5.21. The van der Waals surface area contributed by atoms with E-state index in [1.165, 1.54) is 11.3 Å². The zero-order chi connectivity index (χ0) is 23.6. The number of aryl methyl sites for hydroxylation is 1. The number of carbonyl (C=O) groups is 1. The van der Waals surface area contributed by atoms with E-state index in [4.69, 9.17) is 5.11 Å². The number of aromatic nitrogens is 2. The standard InChI is InChI=1S/C24H21N3O4S2/c1-16-25-13-14-27(16)20-9-5-17(6-10-20)21-15-32-22(11-12-23(28)29)24(21)18-3-7-19(8-4-18)26-33(2,30)31/h3-15,26H,1-2H3,(H,28,29). The molecule has 0 atom stereocenters. The number of nitrogens with one attached hydrogen (secondary N) is 1. The molecule has 0 spiro atoms. The Bertz CT molecular complexity index is 1430. The molecule has 2 heterocycles. The molecular weight excluding hydrogens is 458 g/mol. The number of hydrogen-bond acceptors (Lipinski definition) is 5. The quantitative estimate of drug-likeness (QED) is 0.362. The van der Waals surface area contributed by atoms with Crippen molar-refractivity contribution < 1.29 is 18.3 Å². The van der Waals surface area contributed by atoms with Crippen molar-refractivity contribution in [2.75, 3.05) is 11.0 Å². The van der Waals surface area contributed by atoms with Gasteiger partial charge in [0.2, 0.25) is 10.0 Å². The normalized spacial score (nSPS) is 11.7. The topological polar surface area (TPSA) is 101 Å². The Morgan fingerprint density at radius 1 is 1.09 bits per heavy atom. The van der Waals surface area contributed by atoms with Crippen LogP contribution in [0.1, 0.15) is 10.7 Å². The third-order valence-electron chi connectivity index (χ3n) is 4.96. The molecule has 0 aliphatic heterocycles. The highest BCUT2D eigenvalue weighted by Gasteiger charge is 2.15. The zero-order valence-corrected chi connectivity index (χ0v) is 19.5. The highest BCUT2D eigenvalue weighted by atomic mass is 32.2. The van der Waals surface area contributed by atoms with E-state index in [-0.39, 0.29) is 0 Å². The minimum atomic E-state index is -3.38. The number of hydrogen-bond donors (Lipinski definition) is 2. The number of rotatable bonds is 7. The summed E-state index contributed by atoms with van der Waals surface area (Å²) >= 11 is 1.45. The molecule has 4 aromatic rings. The minimum absolute atomic E-state index is 0.459. The summed E-state index contributed by atoms with van der Waals surface area (Å²) in [5.41, 5.74) is 5.13. The highest BCUT2D eigenvalue weighted by molar-refractivity contribution is 7.92. The minimum Gasteiger partial charge on any atom is -0.478 e. The molecule has 2 aromatic carbocycles. The number of benzene rings is 2. The van der Waals surface area contributed by atoms with E-state index in [1.807, 2.05) is 59.5 Å². The van der Waals surface area contributed by atoms with Gasteiger partial charge in [-0.3, -0.25) is 4.72 Å². The van der Waals surface area contributed by atoms with Crippen LogP contribution in [0.5, 0.6) is 0 Å². The Morgan fingerprint density at radius 3 is 2.33 bits per heavy atom. The second-order valence-electron chi connectivity index (χ2n) is 7.40. The van der Waals surface area contributed by atoms with Crippen molar-refractivity contribution >= 4 is 39.1 Å². The van der Waals surface area contributed by atoms with Gasteiger partial charge in [0.05, 0.1) is 6.26 Å². The van der Waals surface area contributed by atoms with Crippen molar-refractivity contribution in [3.8, 4) is 27.9 Å². The maximum Gasteiger partial charge on any atom is 0.328 e. The zero-order valence-electron chi connectivity index (χ0n) is 17.9. The summed E-state index contributed by atoms with van der Waals surface area (Å²) in [5, 5.41) is 11.1. The third-order valence-corrected chi connectivity index (χ3v) is 6.51. The van der Waals surface area contributed by atoms with Gasteiger partial charge in [-0.2, -0.15) is 0 Å². The molecule has 2 N–H and O–H groups in total. The summed E-state index contributed by atoms with van der Waals surface area (Å²) < 4.78 is 27.5. The summed E-state index contributed by atoms with van der Waals surface area (Å²) in [7, 11) is -3.38. The van der Waals surface area contributed by atoms with E-state index in [0.717, 1.165) is 51.0 Å². The lowest BCUT2D eigenvalue weighted by molar-refractivity contribution is -0.131. The van der Waals surface area contributed by atoms with E-state index < -0.39 is 16.0 Å². The van der Waals surface area contributed by atoms with Gasteiger partial charge in [0.25, 0.3) is 0 Å². The highest BCUT2D eigenvalue weighted by Crippen LogP contribution is 2.40. The smallest absolute Gasteiger partial charge is 0.328 e. The molecule has 0 amide bonds. The Kier molecular flexibility index (Phi) is 6.17. The van der Waals surface area contributed by atoms with Crippen LogP contribution < -0.4 is 4.72 Å². The van der Waals surface area contributed by atoms with Gasteiger partial charge in [-0.25, -0.2) is 18.2 Å². The van der Waals surface area contributed by atoms with Crippen LogP contribution in [0.15, 0.2) is 72.4 Å². The number of anilines is 1. The van der Waals surface area contributed by atoms with E-state index in [9.17, 15) is 13.2 Å². The average molecular weight is 480 g/mol. The predicted octanol–water partition coefficient (Wildman–Crippen LogP) is 5.05. The Balaban J connectivity index is 1.76. The van der Waals surface area contributed by atoms with Crippen LogP contribution in [0.3, 0.4) is 0 Å². The van der Waals surface area contributed by atoms with Gasteiger partial charge in [0.1, 0.15) is 5.82 Å². The van der Waals surface area contributed by atoms with Gasteiger partial charge in [-0.1, -0.05) is 24.3 Å². The predicted molar refractivity (Wildman–Crippen MR) is 132 cm³/mol. The molecule has 0 saturated carbocycles. The van der Waals surface area contributed by atoms with Gasteiger partial charge >= 0.3 is 5.97 Å². The Labute approximate surface area is 195 Å². The fraction of sp³-hybridized carbons (Fsp3) is 0.0833. The van der Waals surface area contributed by atoms with Crippen molar-refractivity contribution in [3.63, 3.8) is 0 Å². The summed E-state index contributed by atoms with van der Waals surface area (Å²) in [6.45, 7) is 1.94. The van der Waals surface area contributed by atoms with E-state index >= 15 is 0 Å². The SMILES string of the molecule is Cc1nccn1-c1ccc(-c2csc(C=CC(=O)O)c2-c2ccc(NS(C)(=O)=O)cc2)cc1. The van der Waals surface area contributed by atoms with Crippen LogP contribution in [-0.4, -0.2) is 35.3 Å². The summed E-state index contributed by atoms with van der Waals surface area (Å²) in [6, 6.07) is 15.1. The molecule has 0 fully saturated rings. The Hall–Kier alpha value is -3.69. The molecule has 0 aliphatic carbocycles. The molecule has 9 heteroatoms. The van der Waals surface area contributed by atoms with Crippen LogP contribution in [-0.2, 0) is 14.8 Å². The van der Waals surface area contributed by atoms with Crippen molar-refractivity contribution in [1.82, 2.24) is 9.55 Å². The van der Waals surface area contributed by atoms with Crippen LogP contribution in [0.25, 0.3) is 34.0 Å². The van der Waals surface area contributed by atoms with Crippen LogP contribution in [0.2, 0.25) is 0 Å². The first kappa shape index (κ1) is 22.5. The lowest BCUT2D eigenvalue weighted by Gasteiger charge is -2.10. The molecule has 0 saturated heterocycles. The molecular formula is C24H21N3O4S2. The van der Waals surface area contributed by atoms with Gasteiger partial charge in [0, 0.05) is 45.8 Å². The molecule has 33 heavy (non-hydrogen) atoms. The lowest BCUT2D eigenvalue weighted by atomic mass is 9.96. The first-order valence-corrected chi connectivity index (χ1v) is 12.7. The Morgan fingerprint density at radius 2 is 1.76 bits per heavy atom. The second kappa shape index (κ2) is 9.05. The largest absolute Gasteiger partial charge is 0.478 e. The van der Waals surface area contributed by atoms with E-state index in [2.05, 4.69) is 9.71 Å². The van der Waals surface area contributed by atoms with Gasteiger partial charge in [0.15, 0.2) is 0 Å². The number of thiophene rings is 1. The van der Waals surface area contributed by atoms with Crippen molar-refractivity contribution in [2.24, 2.45) is 0 Å². The number of aliphatic carboxylic acids is 1. The second-order valence-corrected chi connectivity index (χ2v) is 10.1. The van der Waals surface area contributed by atoms with E-state index in [0.29, 0.717) is 5.69 Å². The van der Waals surface area contributed by atoms with E-state index in [1.54, 1.807) is 24.4 Å². The number of imidazole rings is 1. The molecule has 7 nitrogen and oxygen atoms in total. The number of nitrogens with zero attached hydrogens (tertiary/aromatic N) is 2. The molecule has 0 unspecified atom stereocenters. The van der Waals surface area contributed by atoms with Gasteiger partial charge < -0.3 is 9.67 Å². The maximum absolute atomic E-state index is 11.5. The van der Waals surface area contributed by atoms with Crippen LogP contribution in [0, 0.1) is 6.92 Å². The number of sulfonamides is 1. The molecule has 0 radical (unpaired) electrons. The fourth-order valence-corrected chi connectivity index (χ4v) is 5.08. The fourth-order valence-electron chi connectivity index (χ4n) is 3.52. The van der Waals surface area contributed by atoms with Crippen molar-refractivity contribution in [3.05, 3.63) is 83.1 Å². The summed E-state index contributed by atoms with van der Waals surface area (Å²) in [6.07, 6.45) is 7.45. The number of carboxylic acid groups (broad SMARTS) is 1. The number of carboxylic acids is 1. The first-order chi connectivity index (χ1) is 15.7. The molecule has 2 aromatic heterocycles. The monoisotopic (exact) mass is 479 g/mol. The van der Waals surface area contributed by atoms with Gasteiger partial charge in [-0.05, 0) is 53.8 Å². The van der Waals surface area contributed by atoms with Crippen molar-refractivity contribution in [2.45, 2.75) is 6.92 Å². The van der Waals surface area contributed by atoms with Crippen molar-refractivity contribution in [1.29, 1.82) is 0 Å². The van der Waals surface area contributed by atoms with Crippen LogP contribution >= 0.6 is 11.3 Å². The average Bonchev–Trinajstić information content (AvgIpc) is 3.38. The first-order valence-electron chi connectivity index (χ1n) is 9.93. The molecule has 168 valence electrons. The lowest BCUT2D eigenvalue weighted by Crippen LogP contribution is -2.09. The summed E-state index contributed by atoms with van der Waals surface area (Å²) in [5.74, 6) is -0.133. The molecule has 4 rings (SSSR count).